The van der Waals surface area contributed by atoms with Crippen molar-refractivity contribution in [1.82, 2.24) is 0 Å². The molecular weight excluding hydrogens is 843 g/mol. The van der Waals surface area contributed by atoms with Crippen LogP contribution in [0.3, 0.4) is 0 Å². The third-order valence-electron chi connectivity index (χ3n) is 11.5. The quantitative estimate of drug-likeness (QED) is 0.0865. The maximum absolute atomic E-state index is 13.8. The Morgan fingerprint density at radius 1 is 0.591 bits per heavy atom. The average Bonchev–Trinajstić information content (AvgIpc) is 3.88. The monoisotopic (exact) mass is 901 g/mol. The lowest BCUT2D eigenvalue weighted by molar-refractivity contribution is -0.275. The van der Waals surface area contributed by atoms with Gasteiger partial charge in [-0.25, -0.2) is 4.79 Å². The van der Waals surface area contributed by atoms with E-state index < -0.39 is 42.2 Å². The van der Waals surface area contributed by atoms with Gasteiger partial charge >= 0.3 is 6.09 Å². The fourth-order valence-corrected chi connectivity index (χ4v) is 9.18. The maximum atomic E-state index is 13.8. The standard InChI is InChI=1S/C57H59NO7S/c1-57(2,3)65-56(59)58-49-32-31-46(47(51-30-19-33-66-51)34-41-20-9-4-10-21-41)35-48(49)52-54(62-38-44-26-15-7-16-27-44)55(63-39-45-28-17-8-18-29-45)53(61-37-43-24-13-6-14-25-43)50(64-52)40-60-36-42-22-11-5-12-23-42/h4-33,35,47,50,52-55H,34,36-40H2,1-3H3,(H,58,59)/t47?,50-,52+,53-,54+,55+/m1/s1. The van der Waals surface area contributed by atoms with E-state index in [0.717, 1.165) is 39.8 Å². The first kappa shape index (κ1) is 46.6. The Morgan fingerprint density at radius 3 is 1.61 bits per heavy atom. The van der Waals surface area contributed by atoms with Crippen molar-refractivity contribution < 1.29 is 33.2 Å². The average molecular weight is 902 g/mol. The van der Waals surface area contributed by atoms with Crippen LogP contribution in [0.15, 0.2) is 187 Å². The van der Waals surface area contributed by atoms with E-state index in [2.05, 4.69) is 83.5 Å². The molecule has 1 aliphatic heterocycles. The second-order valence-electron chi connectivity index (χ2n) is 17.6. The third kappa shape index (κ3) is 13.1. The summed E-state index contributed by atoms with van der Waals surface area (Å²) < 4.78 is 41.1. The fraction of sp³-hybridized carbons (Fsp3) is 0.281. The van der Waals surface area contributed by atoms with Gasteiger partial charge in [0.05, 0.1) is 33.0 Å². The number of carbonyl (C=O) groups excluding carboxylic acids is 1. The normalized spacial score (nSPS) is 18.9. The van der Waals surface area contributed by atoms with Gasteiger partial charge in [0, 0.05) is 22.0 Å². The van der Waals surface area contributed by atoms with Gasteiger partial charge in [-0.1, -0.05) is 170 Å². The summed E-state index contributed by atoms with van der Waals surface area (Å²) in [6.45, 7) is 7.03. The number of amides is 1. The molecule has 0 saturated carbocycles. The lowest BCUT2D eigenvalue weighted by Crippen LogP contribution is -2.58. The first-order valence-electron chi connectivity index (χ1n) is 22.7. The molecule has 340 valence electrons. The van der Waals surface area contributed by atoms with Crippen LogP contribution in [0.1, 0.15) is 76.6 Å². The lowest BCUT2D eigenvalue weighted by Gasteiger charge is -2.47. The number of thiophene rings is 1. The minimum Gasteiger partial charge on any atom is -0.444 e. The van der Waals surface area contributed by atoms with Gasteiger partial charge in [0.15, 0.2) is 0 Å². The Kier molecular flexibility index (Phi) is 16.3. The Morgan fingerprint density at radius 2 is 1.09 bits per heavy atom. The molecule has 1 saturated heterocycles. The van der Waals surface area contributed by atoms with Gasteiger partial charge in [0.25, 0.3) is 0 Å². The number of carbonyl (C=O) groups is 1. The molecule has 8 rings (SSSR count). The predicted molar refractivity (Wildman–Crippen MR) is 261 cm³/mol. The highest BCUT2D eigenvalue weighted by Gasteiger charge is 2.50. The largest absolute Gasteiger partial charge is 0.444 e. The lowest BCUT2D eigenvalue weighted by atomic mass is 9.85. The van der Waals surface area contributed by atoms with Gasteiger partial charge in [0.2, 0.25) is 0 Å². The van der Waals surface area contributed by atoms with E-state index in [1.165, 1.54) is 10.4 Å². The summed E-state index contributed by atoms with van der Waals surface area (Å²) in [5.41, 5.74) is 6.90. The van der Waals surface area contributed by atoms with Crippen LogP contribution in [-0.4, -0.2) is 42.7 Å². The summed E-state index contributed by atoms with van der Waals surface area (Å²) in [6, 6.07) is 61.5. The highest BCUT2D eigenvalue weighted by molar-refractivity contribution is 7.10. The molecule has 8 nitrogen and oxygen atoms in total. The molecule has 66 heavy (non-hydrogen) atoms. The van der Waals surface area contributed by atoms with Crippen molar-refractivity contribution in [3.63, 3.8) is 0 Å². The van der Waals surface area contributed by atoms with E-state index in [9.17, 15) is 4.79 Å². The van der Waals surface area contributed by atoms with Gasteiger partial charge in [-0.2, -0.15) is 0 Å². The van der Waals surface area contributed by atoms with E-state index in [1.54, 1.807) is 11.3 Å². The molecule has 6 atom stereocenters. The highest BCUT2D eigenvalue weighted by atomic mass is 32.1. The number of benzene rings is 6. The molecule has 1 amide bonds. The second kappa shape index (κ2) is 23.0. The molecule has 0 spiro atoms. The minimum atomic E-state index is -0.776. The van der Waals surface area contributed by atoms with E-state index in [0.29, 0.717) is 25.5 Å². The summed E-state index contributed by atoms with van der Waals surface area (Å²) in [5.74, 6) is 0.00564. The number of rotatable bonds is 19. The van der Waals surface area contributed by atoms with Crippen LogP contribution in [0.25, 0.3) is 0 Å². The maximum Gasteiger partial charge on any atom is 0.412 e. The Labute approximate surface area is 393 Å². The first-order valence-corrected chi connectivity index (χ1v) is 23.6. The van der Waals surface area contributed by atoms with Crippen molar-refractivity contribution >= 4 is 23.1 Å². The molecule has 2 heterocycles. The summed E-state index contributed by atoms with van der Waals surface area (Å²) in [6.07, 6.45) is -3.24. The second-order valence-corrected chi connectivity index (χ2v) is 18.6. The Bertz CT molecular complexity index is 2500. The SMILES string of the molecule is CC(C)(C)OC(=O)Nc1ccc(C(Cc2ccccc2)c2cccs2)cc1[C@@H]1O[C@H](COCc2ccccc2)[C@@H](OCc2ccccc2)[C@H](OCc2ccccc2)[C@H]1OCc1ccccc1. The van der Waals surface area contributed by atoms with Crippen LogP contribution in [-0.2, 0) is 61.3 Å². The molecule has 1 N–H and O–H groups in total. The van der Waals surface area contributed by atoms with Crippen molar-refractivity contribution in [2.75, 3.05) is 11.9 Å². The molecule has 9 heteroatoms. The van der Waals surface area contributed by atoms with E-state index in [-0.39, 0.29) is 19.1 Å². The number of hydrogen-bond acceptors (Lipinski definition) is 8. The molecule has 0 bridgehead atoms. The van der Waals surface area contributed by atoms with Gasteiger partial charge < -0.3 is 28.4 Å². The molecule has 1 aromatic heterocycles. The van der Waals surface area contributed by atoms with Gasteiger partial charge in [-0.15, -0.1) is 11.3 Å². The number of hydrogen-bond donors (Lipinski definition) is 1. The predicted octanol–water partition coefficient (Wildman–Crippen LogP) is 12.9. The molecule has 0 aliphatic carbocycles. The van der Waals surface area contributed by atoms with Crippen LogP contribution in [0, 0.1) is 0 Å². The topological polar surface area (TPSA) is 84.5 Å². The third-order valence-corrected chi connectivity index (χ3v) is 12.5. The van der Waals surface area contributed by atoms with Crippen LogP contribution in [0.4, 0.5) is 10.5 Å². The zero-order valence-corrected chi connectivity index (χ0v) is 38.7. The molecule has 1 aliphatic rings. The number of anilines is 1. The van der Waals surface area contributed by atoms with Crippen molar-refractivity contribution in [2.24, 2.45) is 0 Å². The smallest absolute Gasteiger partial charge is 0.412 e. The number of ether oxygens (including phenoxy) is 6. The zero-order valence-electron chi connectivity index (χ0n) is 37.9. The Hall–Kier alpha value is -5.91. The van der Waals surface area contributed by atoms with Crippen LogP contribution < -0.4 is 5.32 Å². The minimum absolute atomic E-state index is 0.00564. The molecular formula is C57H59NO7S. The first-order chi connectivity index (χ1) is 32.3. The van der Waals surface area contributed by atoms with Crippen molar-refractivity contribution in [1.29, 1.82) is 0 Å². The van der Waals surface area contributed by atoms with Gasteiger partial charge in [-0.3, -0.25) is 5.32 Å². The summed E-state index contributed by atoms with van der Waals surface area (Å²) in [7, 11) is 0. The van der Waals surface area contributed by atoms with Crippen molar-refractivity contribution in [2.45, 2.75) is 95.7 Å². The van der Waals surface area contributed by atoms with Crippen LogP contribution in [0.2, 0.25) is 0 Å². The van der Waals surface area contributed by atoms with Crippen LogP contribution in [0.5, 0.6) is 0 Å². The molecule has 7 aromatic rings. The number of nitrogens with one attached hydrogen (secondary N) is 1. The highest BCUT2D eigenvalue weighted by Crippen LogP contribution is 2.43. The van der Waals surface area contributed by atoms with E-state index >= 15 is 0 Å². The van der Waals surface area contributed by atoms with E-state index in [4.69, 9.17) is 28.4 Å². The van der Waals surface area contributed by atoms with E-state index in [1.807, 2.05) is 130 Å². The summed E-state index contributed by atoms with van der Waals surface area (Å²) in [4.78, 5) is 15.0. The molecule has 0 radical (unpaired) electrons. The molecule has 1 unspecified atom stereocenters. The van der Waals surface area contributed by atoms with Gasteiger partial charge in [0.1, 0.15) is 36.1 Å². The Balaban J connectivity index is 1.26. The zero-order chi connectivity index (χ0) is 45.6. The fourth-order valence-electron chi connectivity index (χ4n) is 8.32. The summed E-state index contributed by atoms with van der Waals surface area (Å²) >= 11 is 1.73. The summed E-state index contributed by atoms with van der Waals surface area (Å²) in [5, 5.41) is 5.24. The van der Waals surface area contributed by atoms with Crippen LogP contribution >= 0.6 is 11.3 Å². The van der Waals surface area contributed by atoms with Crippen molar-refractivity contribution in [3.05, 3.63) is 231 Å². The van der Waals surface area contributed by atoms with Crippen molar-refractivity contribution in [3.8, 4) is 0 Å². The molecule has 1 fully saturated rings. The molecule has 6 aromatic carbocycles. The van der Waals surface area contributed by atoms with Gasteiger partial charge in [-0.05, 0) is 78.1 Å².